The van der Waals surface area contributed by atoms with E-state index in [9.17, 15) is 4.79 Å². The number of amides is 1. The molecule has 0 radical (unpaired) electrons. The van der Waals surface area contributed by atoms with Gasteiger partial charge in [0, 0.05) is 45.5 Å². The van der Waals surface area contributed by atoms with Crippen LogP contribution < -0.4 is 10.2 Å². The van der Waals surface area contributed by atoms with E-state index >= 15 is 0 Å². The molecule has 1 aliphatic rings. The van der Waals surface area contributed by atoms with Gasteiger partial charge >= 0.3 is 0 Å². The number of hydrogen-bond acceptors (Lipinski definition) is 5. The van der Waals surface area contributed by atoms with Crippen molar-refractivity contribution in [3.8, 4) is 0 Å². The van der Waals surface area contributed by atoms with Gasteiger partial charge in [0.2, 0.25) is 0 Å². The third kappa shape index (κ3) is 12.7. The number of aliphatic hydroxyl groups is 1. The smallest absolute Gasteiger partial charge is 0.252 e. The van der Waals surface area contributed by atoms with E-state index in [1.165, 1.54) is 83.5 Å². The third-order valence-electron chi connectivity index (χ3n) is 6.96. The maximum Gasteiger partial charge on any atom is 0.252 e. The number of unbranched alkanes of at least 4 members (excludes halogenated alkanes) is 14. The predicted molar refractivity (Wildman–Crippen MR) is 143 cm³/mol. The second-order valence-electron chi connectivity index (χ2n) is 9.98. The zero-order valence-electron chi connectivity index (χ0n) is 21.8. The number of carbonyl (C=O) groups is 1. The highest BCUT2D eigenvalue weighted by molar-refractivity contribution is 5.94. The summed E-state index contributed by atoms with van der Waals surface area (Å²) in [4.78, 5) is 21.5. The number of nitrogens with one attached hydrogen (secondary N) is 1. The van der Waals surface area contributed by atoms with Gasteiger partial charge in [-0.05, 0) is 32.0 Å². The van der Waals surface area contributed by atoms with Crippen LogP contribution in [-0.2, 0) is 0 Å². The summed E-state index contributed by atoms with van der Waals surface area (Å²) in [6, 6.07) is 3.87. The number of nitrogens with zero attached hydrogens (tertiary/aromatic N) is 3. The fourth-order valence-electron chi connectivity index (χ4n) is 4.58. The van der Waals surface area contributed by atoms with Crippen molar-refractivity contribution in [1.29, 1.82) is 0 Å². The highest BCUT2D eigenvalue weighted by atomic mass is 16.2. The average Bonchev–Trinajstić information content (AvgIpc) is 2.86. The molecule has 2 heterocycles. The maximum atomic E-state index is 12.4. The molecule has 1 aliphatic heterocycles. The number of likely N-dealkylation sites (N-methyl/N-ethyl adjacent to an activating group) is 1. The zero-order chi connectivity index (χ0) is 24.3. The second kappa shape index (κ2) is 18.6. The number of rotatable bonds is 19. The van der Waals surface area contributed by atoms with E-state index in [0.717, 1.165) is 51.4 Å². The summed E-state index contributed by atoms with van der Waals surface area (Å²) in [6.45, 7) is 5.18. The molecule has 34 heavy (non-hydrogen) atoms. The first-order chi connectivity index (χ1) is 16.7. The number of aliphatic hydroxyl groups excluding tert-OH is 1. The molecular weight excluding hydrogens is 424 g/mol. The van der Waals surface area contributed by atoms with E-state index in [1.807, 2.05) is 12.1 Å². The number of carbonyl (C=O) groups excluding carboxylic acids is 1. The Labute approximate surface area is 208 Å². The van der Waals surface area contributed by atoms with Crippen LogP contribution in [0.25, 0.3) is 0 Å². The lowest BCUT2D eigenvalue weighted by Gasteiger charge is -2.33. The predicted octanol–water partition coefficient (Wildman–Crippen LogP) is 5.41. The Bertz CT molecular complexity index is 630. The van der Waals surface area contributed by atoms with Gasteiger partial charge in [0.05, 0.1) is 5.56 Å². The molecule has 194 valence electrons. The Balaban J connectivity index is 1.38. The van der Waals surface area contributed by atoms with Crippen molar-refractivity contribution in [2.24, 2.45) is 0 Å². The first-order valence-electron chi connectivity index (χ1n) is 14.0. The highest BCUT2D eigenvalue weighted by Gasteiger charge is 2.15. The molecule has 0 unspecified atom stereocenters. The summed E-state index contributed by atoms with van der Waals surface area (Å²) in [5.74, 6) is 0.956. The van der Waals surface area contributed by atoms with E-state index < -0.39 is 0 Å². The molecule has 1 fully saturated rings. The molecule has 0 spiro atoms. The van der Waals surface area contributed by atoms with Crippen LogP contribution in [0.15, 0.2) is 18.3 Å². The summed E-state index contributed by atoms with van der Waals surface area (Å²) in [7, 11) is 2.15. The monoisotopic (exact) mass is 474 g/mol. The summed E-state index contributed by atoms with van der Waals surface area (Å²) < 4.78 is 0. The zero-order valence-corrected chi connectivity index (χ0v) is 21.8. The summed E-state index contributed by atoms with van der Waals surface area (Å²) in [6.07, 6.45) is 20.9. The average molecular weight is 475 g/mol. The van der Waals surface area contributed by atoms with Crippen LogP contribution in [0.1, 0.15) is 107 Å². The highest BCUT2D eigenvalue weighted by Crippen LogP contribution is 2.15. The lowest BCUT2D eigenvalue weighted by molar-refractivity contribution is 0.0952. The van der Waals surface area contributed by atoms with Crippen LogP contribution in [0, 0.1) is 0 Å². The fraction of sp³-hybridized carbons (Fsp3) is 0.786. The first-order valence-corrected chi connectivity index (χ1v) is 14.0. The molecule has 1 amide bonds. The van der Waals surface area contributed by atoms with Crippen LogP contribution in [0.2, 0.25) is 0 Å². The van der Waals surface area contributed by atoms with Crippen molar-refractivity contribution < 1.29 is 9.90 Å². The van der Waals surface area contributed by atoms with Gasteiger partial charge in [-0.2, -0.15) is 0 Å². The van der Waals surface area contributed by atoms with Crippen LogP contribution in [0.3, 0.4) is 0 Å². The molecule has 0 aliphatic carbocycles. The van der Waals surface area contributed by atoms with Crippen molar-refractivity contribution in [3.05, 3.63) is 23.9 Å². The quantitative estimate of drug-likeness (QED) is 0.263. The molecule has 0 aromatic carbocycles. The van der Waals surface area contributed by atoms with Crippen molar-refractivity contribution in [2.75, 3.05) is 51.3 Å². The SMILES string of the molecule is CN1CCN(c2ccc(C(=O)NCCCCCCCCCCCCCCCCCO)cn2)CC1. The van der Waals surface area contributed by atoms with Gasteiger partial charge in [0.1, 0.15) is 5.82 Å². The summed E-state index contributed by atoms with van der Waals surface area (Å²) in [5.41, 5.74) is 0.652. The van der Waals surface area contributed by atoms with Crippen LogP contribution in [0.5, 0.6) is 0 Å². The van der Waals surface area contributed by atoms with Gasteiger partial charge < -0.3 is 20.2 Å². The van der Waals surface area contributed by atoms with Gasteiger partial charge in [-0.25, -0.2) is 4.98 Å². The van der Waals surface area contributed by atoms with Crippen molar-refractivity contribution in [2.45, 2.75) is 96.3 Å². The van der Waals surface area contributed by atoms with Crippen LogP contribution in [0.4, 0.5) is 5.82 Å². The molecule has 6 nitrogen and oxygen atoms in total. The van der Waals surface area contributed by atoms with Crippen molar-refractivity contribution >= 4 is 11.7 Å². The Morgan fingerprint density at radius 2 is 1.29 bits per heavy atom. The molecule has 2 N–H and O–H groups in total. The third-order valence-corrected chi connectivity index (χ3v) is 6.96. The standard InChI is InChI=1S/C28H50N4O2/c1-31-20-22-32(23-21-31)27-18-17-26(25-30-27)28(34)29-19-15-13-11-9-7-5-3-2-4-6-8-10-12-14-16-24-33/h17-18,25,33H,2-16,19-24H2,1H3,(H,29,34). The Hall–Kier alpha value is -1.66. The van der Waals surface area contributed by atoms with Crippen LogP contribution >= 0.6 is 0 Å². The molecule has 1 saturated heterocycles. The second-order valence-corrected chi connectivity index (χ2v) is 9.98. The first kappa shape index (κ1) is 28.6. The van der Waals surface area contributed by atoms with Gasteiger partial charge in [-0.3, -0.25) is 4.79 Å². The van der Waals surface area contributed by atoms with Crippen LogP contribution in [-0.4, -0.2) is 67.3 Å². The van der Waals surface area contributed by atoms with Crippen molar-refractivity contribution in [1.82, 2.24) is 15.2 Å². The molecular formula is C28H50N4O2. The number of aromatic nitrogens is 1. The minimum atomic E-state index is -0.0115. The lowest BCUT2D eigenvalue weighted by atomic mass is 10.0. The van der Waals surface area contributed by atoms with Gasteiger partial charge in [-0.15, -0.1) is 0 Å². The normalized spacial score (nSPS) is 14.5. The van der Waals surface area contributed by atoms with E-state index in [2.05, 4.69) is 27.1 Å². The number of anilines is 1. The largest absolute Gasteiger partial charge is 0.396 e. The molecule has 0 saturated carbocycles. The summed E-state index contributed by atoms with van der Waals surface area (Å²) >= 11 is 0. The fourth-order valence-corrected chi connectivity index (χ4v) is 4.58. The lowest BCUT2D eigenvalue weighted by Crippen LogP contribution is -2.44. The molecule has 0 atom stereocenters. The van der Waals surface area contributed by atoms with E-state index in [1.54, 1.807) is 6.20 Å². The molecule has 0 bridgehead atoms. The van der Waals surface area contributed by atoms with E-state index in [4.69, 9.17) is 5.11 Å². The molecule has 6 heteroatoms. The minimum Gasteiger partial charge on any atom is -0.396 e. The maximum absolute atomic E-state index is 12.4. The van der Waals surface area contributed by atoms with E-state index in [0.29, 0.717) is 12.2 Å². The molecule has 1 aromatic rings. The van der Waals surface area contributed by atoms with Gasteiger partial charge in [0.15, 0.2) is 0 Å². The number of pyridine rings is 1. The summed E-state index contributed by atoms with van der Waals surface area (Å²) in [5, 5.41) is 11.8. The Kier molecular flexibility index (Phi) is 15.7. The van der Waals surface area contributed by atoms with Gasteiger partial charge in [0.25, 0.3) is 5.91 Å². The number of piperazine rings is 1. The molecule has 2 rings (SSSR count). The van der Waals surface area contributed by atoms with E-state index in [-0.39, 0.29) is 5.91 Å². The molecule has 1 aromatic heterocycles. The van der Waals surface area contributed by atoms with Gasteiger partial charge in [-0.1, -0.05) is 83.5 Å². The topological polar surface area (TPSA) is 68.7 Å². The number of hydrogen-bond donors (Lipinski definition) is 2. The minimum absolute atomic E-state index is 0.0115. The Morgan fingerprint density at radius 1 is 0.794 bits per heavy atom. The Morgan fingerprint density at radius 3 is 1.76 bits per heavy atom. The van der Waals surface area contributed by atoms with Crippen molar-refractivity contribution in [3.63, 3.8) is 0 Å².